The Labute approximate surface area is 143 Å². The molecule has 1 atom stereocenters. The fraction of sp³-hybridized carbons (Fsp3) is 0.350. The predicted octanol–water partition coefficient (Wildman–Crippen LogP) is 4.20. The SMILES string of the molecule is CCCCc1ccc(N2N=C(c3cccnc3)C(CC)C2=O)cc1. The lowest BCUT2D eigenvalue weighted by Gasteiger charge is -2.14. The van der Waals surface area contributed by atoms with E-state index in [0.29, 0.717) is 0 Å². The molecule has 124 valence electrons. The summed E-state index contributed by atoms with van der Waals surface area (Å²) in [6.45, 7) is 4.21. The molecule has 0 fully saturated rings. The molecule has 1 aromatic carbocycles. The highest BCUT2D eigenvalue weighted by atomic mass is 16.2. The van der Waals surface area contributed by atoms with Crippen LogP contribution in [0, 0.1) is 5.92 Å². The molecule has 0 saturated heterocycles. The van der Waals surface area contributed by atoms with E-state index in [1.165, 1.54) is 18.4 Å². The van der Waals surface area contributed by atoms with Gasteiger partial charge in [-0.15, -0.1) is 0 Å². The fourth-order valence-corrected chi connectivity index (χ4v) is 3.00. The van der Waals surface area contributed by atoms with Crippen molar-refractivity contribution < 1.29 is 4.79 Å². The number of carbonyl (C=O) groups excluding carboxylic acids is 1. The van der Waals surface area contributed by atoms with Crippen LogP contribution in [0.4, 0.5) is 5.69 Å². The van der Waals surface area contributed by atoms with Gasteiger partial charge in [0.05, 0.1) is 17.3 Å². The number of carbonyl (C=O) groups is 1. The Hall–Kier alpha value is -2.49. The number of hydrogen-bond donors (Lipinski definition) is 0. The maximum Gasteiger partial charge on any atom is 0.256 e. The van der Waals surface area contributed by atoms with Crippen LogP contribution in [0.15, 0.2) is 53.9 Å². The molecule has 4 nitrogen and oxygen atoms in total. The second kappa shape index (κ2) is 7.39. The molecule has 0 spiro atoms. The molecule has 2 heterocycles. The smallest absolute Gasteiger partial charge is 0.256 e. The lowest BCUT2D eigenvalue weighted by Crippen LogP contribution is -2.27. The Kier molecular flexibility index (Phi) is 5.04. The van der Waals surface area contributed by atoms with Gasteiger partial charge in [-0.25, -0.2) is 0 Å². The molecule has 1 unspecified atom stereocenters. The molecule has 1 aliphatic heterocycles. The largest absolute Gasteiger partial charge is 0.272 e. The van der Waals surface area contributed by atoms with Crippen molar-refractivity contribution in [1.29, 1.82) is 0 Å². The number of rotatable bonds is 6. The summed E-state index contributed by atoms with van der Waals surface area (Å²) >= 11 is 0. The van der Waals surface area contributed by atoms with Crippen LogP contribution in [0.3, 0.4) is 0 Å². The van der Waals surface area contributed by atoms with Gasteiger partial charge in [0.25, 0.3) is 5.91 Å². The van der Waals surface area contributed by atoms with Crippen LogP contribution >= 0.6 is 0 Å². The van der Waals surface area contributed by atoms with Gasteiger partial charge < -0.3 is 0 Å². The first kappa shape index (κ1) is 16.4. The number of aromatic nitrogens is 1. The Bertz CT molecular complexity index is 722. The van der Waals surface area contributed by atoms with E-state index in [1.807, 2.05) is 31.2 Å². The van der Waals surface area contributed by atoms with E-state index in [0.717, 1.165) is 29.8 Å². The first-order valence-electron chi connectivity index (χ1n) is 8.66. The minimum atomic E-state index is -0.200. The van der Waals surface area contributed by atoms with E-state index in [4.69, 9.17) is 0 Å². The minimum Gasteiger partial charge on any atom is -0.272 e. The lowest BCUT2D eigenvalue weighted by molar-refractivity contribution is -0.119. The zero-order valence-electron chi connectivity index (χ0n) is 14.3. The molecule has 4 heteroatoms. The third-order valence-electron chi connectivity index (χ3n) is 4.41. The Balaban J connectivity index is 1.87. The standard InChI is InChI=1S/C20H23N3O/c1-3-5-7-15-9-11-17(12-10-15)23-20(24)18(4-2)19(22-23)16-8-6-13-21-14-16/h6,8-14,18H,3-5,7H2,1-2H3. The van der Waals surface area contributed by atoms with Gasteiger partial charge in [0.15, 0.2) is 0 Å². The molecular formula is C20H23N3O. The van der Waals surface area contributed by atoms with E-state index in [1.54, 1.807) is 17.4 Å². The molecule has 1 aromatic heterocycles. The Morgan fingerprint density at radius 1 is 1.12 bits per heavy atom. The number of hydrogen-bond acceptors (Lipinski definition) is 3. The van der Waals surface area contributed by atoms with E-state index < -0.39 is 0 Å². The quantitative estimate of drug-likeness (QED) is 0.800. The van der Waals surface area contributed by atoms with Crippen LogP contribution < -0.4 is 5.01 Å². The maximum absolute atomic E-state index is 12.8. The number of unbranched alkanes of at least 4 members (excludes halogenated alkanes) is 1. The van der Waals surface area contributed by atoms with Crippen molar-refractivity contribution in [2.45, 2.75) is 39.5 Å². The lowest BCUT2D eigenvalue weighted by atomic mass is 9.95. The van der Waals surface area contributed by atoms with Crippen LogP contribution in [0.25, 0.3) is 0 Å². The van der Waals surface area contributed by atoms with Crippen LogP contribution in [0.2, 0.25) is 0 Å². The highest BCUT2D eigenvalue weighted by molar-refractivity contribution is 6.21. The van der Waals surface area contributed by atoms with Crippen molar-refractivity contribution in [3.8, 4) is 0 Å². The first-order valence-corrected chi connectivity index (χ1v) is 8.66. The average Bonchev–Trinajstić information content (AvgIpc) is 2.97. The number of anilines is 1. The molecule has 24 heavy (non-hydrogen) atoms. The summed E-state index contributed by atoms with van der Waals surface area (Å²) in [6, 6.07) is 12.0. The normalized spacial score (nSPS) is 17.2. The molecule has 3 rings (SSSR count). The highest BCUT2D eigenvalue weighted by Gasteiger charge is 2.36. The van der Waals surface area contributed by atoms with E-state index in [2.05, 4.69) is 29.1 Å². The number of aryl methyl sites for hydroxylation is 1. The topological polar surface area (TPSA) is 45.6 Å². The summed E-state index contributed by atoms with van der Waals surface area (Å²) in [5.41, 5.74) is 3.86. The second-order valence-electron chi connectivity index (χ2n) is 6.11. The summed E-state index contributed by atoms with van der Waals surface area (Å²) in [7, 11) is 0. The summed E-state index contributed by atoms with van der Waals surface area (Å²) in [4.78, 5) is 16.9. The molecular weight excluding hydrogens is 298 g/mol. The average molecular weight is 321 g/mol. The van der Waals surface area contributed by atoms with Gasteiger partial charge in [-0.2, -0.15) is 10.1 Å². The summed E-state index contributed by atoms with van der Waals surface area (Å²) < 4.78 is 0. The Morgan fingerprint density at radius 3 is 2.54 bits per heavy atom. The van der Waals surface area contributed by atoms with Gasteiger partial charge in [0.1, 0.15) is 0 Å². The molecule has 0 N–H and O–H groups in total. The van der Waals surface area contributed by atoms with Crippen LogP contribution in [-0.4, -0.2) is 16.6 Å². The highest BCUT2D eigenvalue weighted by Crippen LogP contribution is 2.28. The van der Waals surface area contributed by atoms with Crippen molar-refractivity contribution in [2.24, 2.45) is 11.0 Å². The van der Waals surface area contributed by atoms with Gasteiger partial charge in [-0.1, -0.05) is 32.4 Å². The first-order chi connectivity index (χ1) is 11.7. The third-order valence-corrected chi connectivity index (χ3v) is 4.41. The van der Waals surface area contributed by atoms with E-state index in [9.17, 15) is 4.79 Å². The number of pyridine rings is 1. The molecule has 0 saturated carbocycles. The van der Waals surface area contributed by atoms with Crippen molar-refractivity contribution in [2.75, 3.05) is 5.01 Å². The number of amides is 1. The van der Waals surface area contributed by atoms with Crippen molar-refractivity contribution >= 4 is 17.3 Å². The van der Waals surface area contributed by atoms with Crippen molar-refractivity contribution in [3.05, 3.63) is 59.9 Å². The number of benzene rings is 1. The number of hydrazone groups is 1. The molecule has 2 aromatic rings. The predicted molar refractivity (Wildman–Crippen MR) is 97.1 cm³/mol. The minimum absolute atomic E-state index is 0.0395. The molecule has 0 radical (unpaired) electrons. The van der Waals surface area contributed by atoms with Crippen LogP contribution in [0.1, 0.15) is 44.2 Å². The number of nitrogens with zero attached hydrogens (tertiary/aromatic N) is 3. The van der Waals surface area contributed by atoms with Crippen molar-refractivity contribution in [1.82, 2.24) is 4.98 Å². The van der Waals surface area contributed by atoms with Gasteiger partial charge in [-0.3, -0.25) is 9.78 Å². The third kappa shape index (κ3) is 3.23. The van der Waals surface area contributed by atoms with Gasteiger partial charge in [0.2, 0.25) is 0 Å². The summed E-state index contributed by atoms with van der Waals surface area (Å²) in [5.74, 6) is -0.161. The van der Waals surface area contributed by atoms with E-state index >= 15 is 0 Å². The zero-order chi connectivity index (χ0) is 16.9. The molecule has 1 aliphatic rings. The monoisotopic (exact) mass is 321 g/mol. The van der Waals surface area contributed by atoms with Gasteiger partial charge in [0, 0.05) is 18.0 Å². The molecule has 1 amide bonds. The Morgan fingerprint density at radius 2 is 1.92 bits per heavy atom. The zero-order valence-corrected chi connectivity index (χ0v) is 14.3. The second-order valence-corrected chi connectivity index (χ2v) is 6.11. The van der Waals surface area contributed by atoms with Gasteiger partial charge in [-0.05, 0) is 49.1 Å². The van der Waals surface area contributed by atoms with E-state index in [-0.39, 0.29) is 11.8 Å². The molecule has 0 aliphatic carbocycles. The van der Waals surface area contributed by atoms with Crippen molar-refractivity contribution in [3.63, 3.8) is 0 Å². The summed E-state index contributed by atoms with van der Waals surface area (Å²) in [5, 5.41) is 6.16. The molecule has 0 bridgehead atoms. The maximum atomic E-state index is 12.8. The fourth-order valence-electron chi connectivity index (χ4n) is 3.00. The van der Waals surface area contributed by atoms with Crippen LogP contribution in [0.5, 0.6) is 0 Å². The van der Waals surface area contributed by atoms with Crippen LogP contribution in [-0.2, 0) is 11.2 Å². The summed E-state index contributed by atoms with van der Waals surface area (Å²) in [6.07, 6.45) is 7.68. The van der Waals surface area contributed by atoms with Gasteiger partial charge >= 0.3 is 0 Å².